The Labute approximate surface area is 92.4 Å². The number of nitrogens with zero attached hydrogens (tertiary/aromatic N) is 1. The van der Waals surface area contributed by atoms with Crippen LogP contribution in [-0.2, 0) is 12.8 Å². The second-order valence-electron chi connectivity index (χ2n) is 4.44. The summed E-state index contributed by atoms with van der Waals surface area (Å²) in [5.74, 6) is 0. The zero-order valence-electron chi connectivity index (χ0n) is 9.95. The average molecular weight is 207 g/mol. The lowest BCUT2D eigenvalue weighted by atomic mass is 9.94. The van der Waals surface area contributed by atoms with Crippen molar-refractivity contribution >= 4 is 0 Å². The molecule has 0 bridgehead atoms. The molecular weight excluding hydrogens is 186 g/mol. The lowest BCUT2D eigenvalue weighted by Gasteiger charge is -2.22. The molecule has 84 valence electrons. The van der Waals surface area contributed by atoms with E-state index in [1.807, 2.05) is 19.2 Å². The number of aromatic nitrogens is 1. The first-order chi connectivity index (χ1) is 7.07. The van der Waals surface area contributed by atoms with Crippen LogP contribution < -0.4 is 0 Å². The van der Waals surface area contributed by atoms with E-state index in [4.69, 9.17) is 0 Å². The molecule has 0 fully saturated rings. The van der Waals surface area contributed by atoms with Crippen LogP contribution in [0.25, 0.3) is 0 Å². The Bertz CT molecular complexity index is 290. The second-order valence-corrected chi connectivity index (χ2v) is 4.44. The van der Waals surface area contributed by atoms with Gasteiger partial charge in [0.1, 0.15) is 0 Å². The number of aryl methyl sites for hydroxylation is 1. The molecule has 0 spiro atoms. The Hall–Kier alpha value is -0.890. The lowest BCUT2D eigenvalue weighted by molar-refractivity contribution is 0.0496. The van der Waals surface area contributed by atoms with E-state index in [1.54, 1.807) is 0 Å². The number of pyridine rings is 1. The maximum atomic E-state index is 10.1. The highest BCUT2D eigenvalue weighted by molar-refractivity contribution is 5.15. The second kappa shape index (κ2) is 5.26. The quantitative estimate of drug-likeness (QED) is 0.805. The van der Waals surface area contributed by atoms with Gasteiger partial charge in [0.2, 0.25) is 0 Å². The molecule has 1 atom stereocenters. The summed E-state index contributed by atoms with van der Waals surface area (Å²) in [7, 11) is 0. The van der Waals surface area contributed by atoms with Crippen LogP contribution in [0.2, 0.25) is 0 Å². The Morgan fingerprint density at radius 3 is 2.53 bits per heavy atom. The van der Waals surface area contributed by atoms with Crippen molar-refractivity contribution in [2.24, 2.45) is 0 Å². The highest BCUT2D eigenvalue weighted by Crippen LogP contribution is 2.17. The van der Waals surface area contributed by atoms with Crippen molar-refractivity contribution in [1.29, 1.82) is 0 Å². The Balaban J connectivity index is 2.64. The van der Waals surface area contributed by atoms with Crippen LogP contribution in [0.15, 0.2) is 18.3 Å². The van der Waals surface area contributed by atoms with Gasteiger partial charge >= 0.3 is 0 Å². The molecule has 0 aliphatic carbocycles. The Kier molecular flexibility index (Phi) is 4.28. The fourth-order valence-corrected chi connectivity index (χ4v) is 1.79. The summed E-state index contributed by atoms with van der Waals surface area (Å²) < 4.78 is 0. The van der Waals surface area contributed by atoms with E-state index in [0.717, 1.165) is 25.0 Å². The van der Waals surface area contributed by atoms with E-state index in [9.17, 15) is 5.11 Å². The normalized spacial score (nSPS) is 14.9. The predicted octanol–water partition coefficient (Wildman–Crippen LogP) is 2.74. The van der Waals surface area contributed by atoms with Gasteiger partial charge in [0, 0.05) is 18.3 Å². The molecular formula is C13H21NO. The standard InChI is InChI=1S/C13H21NO/c1-4-8-13(3,15)9-12-7-6-11(5-2)10-14-12/h6-7,10,15H,4-5,8-9H2,1-3H3/t13-/m0/s1. The number of hydrogen-bond acceptors (Lipinski definition) is 2. The van der Waals surface area contributed by atoms with Crippen molar-refractivity contribution in [1.82, 2.24) is 4.98 Å². The van der Waals surface area contributed by atoms with Gasteiger partial charge in [-0.3, -0.25) is 4.98 Å². The largest absolute Gasteiger partial charge is 0.390 e. The summed E-state index contributed by atoms with van der Waals surface area (Å²) in [5, 5.41) is 10.1. The molecule has 0 saturated carbocycles. The summed E-state index contributed by atoms with van der Waals surface area (Å²) in [5.41, 5.74) is 1.61. The van der Waals surface area contributed by atoms with Crippen LogP contribution in [-0.4, -0.2) is 15.7 Å². The molecule has 2 nitrogen and oxygen atoms in total. The third-order valence-electron chi connectivity index (χ3n) is 2.64. The predicted molar refractivity (Wildman–Crippen MR) is 62.9 cm³/mol. The first-order valence-corrected chi connectivity index (χ1v) is 5.73. The van der Waals surface area contributed by atoms with E-state index in [-0.39, 0.29) is 0 Å². The summed E-state index contributed by atoms with van der Waals surface area (Å²) in [6, 6.07) is 4.10. The van der Waals surface area contributed by atoms with Crippen LogP contribution in [0.3, 0.4) is 0 Å². The number of hydrogen-bond donors (Lipinski definition) is 1. The van der Waals surface area contributed by atoms with Gasteiger partial charge in [-0.05, 0) is 31.4 Å². The number of aliphatic hydroxyl groups is 1. The van der Waals surface area contributed by atoms with Gasteiger partial charge in [0.15, 0.2) is 0 Å². The van der Waals surface area contributed by atoms with E-state index in [0.29, 0.717) is 6.42 Å². The average Bonchev–Trinajstić information content (AvgIpc) is 2.18. The summed E-state index contributed by atoms with van der Waals surface area (Å²) >= 11 is 0. The fourth-order valence-electron chi connectivity index (χ4n) is 1.79. The minimum atomic E-state index is -0.616. The molecule has 1 N–H and O–H groups in total. The van der Waals surface area contributed by atoms with E-state index >= 15 is 0 Å². The van der Waals surface area contributed by atoms with Gasteiger partial charge in [0.05, 0.1) is 5.60 Å². The van der Waals surface area contributed by atoms with Gasteiger partial charge in [-0.2, -0.15) is 0 Å². The summed E-state index contributed by atoms with van der Waals surface area (Å²) in [6.07, 6.45) is 5.38. The van der Waals surface area contributed by atoms with E-state index in [2.05, 4.69) is 24.9 Å². The smallest absolute Gasteiger partial charge is 0.0674 e. The Morgan fingerprint density at radius 2 is 2.07 bits per heavy atom. The highest BCUT2D eigenvalue weighted by atomic mass is 16.3. The monoisotopic (exact) mass is 207 g/mol. The van der Waals surface area contributed by atoms with Crippen LogP contribution in [0.1, 0.15) is 44.9 Å². The molecule has 1 aromatic heterocycles. The lowest BCUT2D eigenvalue weighted by Crippen LogP contribution is -2.27. The number of rotatable bonds is 5. The van der Waals surface area contributed by atoms with Gasteiger partial charge in [-0.25, -0.2) is 0 Å². The van der Waals surface area contributed by atoms with Crippen LogP contribution in [0.5, 0.6) is 0 Å². The minimum Gasteiger partial charge on any atom is -0.390 e. The van der Waals surface area contributed by atoms with Crippen LogP contribution >= 0.6 is 0 Å². The van der Waals surface area contributed by atoms with Crippen molar-refractivity contribution < 1.29 is 5.11 Å². The molecule has 1 aromatic rings. The van der Waals surface area contributed by atoms with Crippen molar-refractivity contribution in [2.45, 2.75) is 52.1 Å². The highest BCUT2D eigenvalue weighted by Gasteiger charge is 2.19. The molecule has 2 heteroatoms. The maximum absolute atomic E-state index is 10.1. The van der Waals surface area contributed by atoms with Gasteiger partial charge in [-0.15, -0.1) is 0 Å². The van der Waals surface area contributed by atoms with Crippen molar-refractivity contribution in [3.8, 4) is 0 Å². The van der Waals surface area contributed by atoms with E-state index in [1.165, 1.54) is 5.56 Å². The minimum absolute atomic E-state index is 0.616. The Morgan fingerprint density at radius 1 is 1.33 bits per heavy atom. The SMILES string of the molecule is CCC[C@](C)(O)Cc1ccc(CC)cn1. The van der Waals surface area contributed by atoms with Crippen molar-refractivity contribution in [3.63, 3.8) is 0 Å². The topological polar surface area (TPSA) is 33.1 Å². The van der Waals surface area contributed by atoms with Gasteiger partial charge < -0.3 is 5.11 Å². The molecule has 1 rings (SSSR count). The first-order valence-electron chi connectivity index (χ1n) is 5.73. The fraction of sp³-hybridized carbons (Fsp3) is 0.615. The molecule has 0 unspecified atom stereocenters. The maximum Gasteiger partial charge on any atom is 0.0674 e. The molecule has 0 aromatic carbocycles. The molecule has 0 aliphatic rings. The molecule has 15 heavy (non-hydrogen) atoms. The van der Waals surface area contributed by atoms with Crippen molar-refractivity contribution in [3.05, 3.63) is 29.6 Å². The third-order valence-corrected chi connectivity index (χ3v) is 2.64. The van der Waals surface area contributed by atoms with Crippen molar-refractivity contribution in [2.75, 3.05) is 0 Å². The van der Waals surface area contributed by atoms with Crippen LogP contribution in [0, 0.1) is 0 Å². The molecule has 0 aliphatic heterocycles. The third kappa shape index (κ3) is 4.00. The van der Waals surface area contributed by atoms with Gasteiger partial charge in [-0.1, -0.05) is 26.3 Å². The summed E-state index contributed by atoms with van der Waals surface area (Å²) in [6.45, 7) is 6.08. The van der Waals surface area contributed by atoms with Gasteiger partial charge in [0.25, 0.3) is 0 Å². The summed E-state index contributed by atoms with van der Waals surface area (Å²) in [4.78, 5) is 4.36. The first kappa shape index (κ1) is 12.2. The zero-order valence-corrected chi connectivity index (χ0v) is 9.95. The zero-order chi connectivity index (χ0) is 11.3. The van der Waals surface area contributed by atoms with Crippen LogP contribution in [0.4, 0.5) is 0 Å². The molecule has 0 radical (unpaired) electrons. The molecule has 0 amide bonds. The molecule has 0 saturated heterocycles. The molecule has 1 heterocycles. The van der Waals surface area contributed by atoms with E-state index < -0.39 is 5.60 Å².